The minimum atomic E-state index is -0.250. The van der Waals surface area contributed by atoms with Crippen molar-refractivity contribution in [3.8, 4) is 0 Å². The molecule has 2 saturated heterocycles. The van der Waals surface area contributed by atoms with Crippen LogP contribution in [0, 0.1) is 0 Å². The van der Waals surface area contributed by atoms with Gasteiger partial charge < -0.3 is 10.0 Å². The van der Waals surface area contributed by atoms with Crippen LogP contribution in [0.5, 0.6) is 0 Å². The first-order chi connectivity index (χ1) is 9.24. The van der Waals surface area contributed by atoms with Crippen LogP contribution in [-0.4, -0.2) is 53.1 Å². The number of β-amino-alcohol motifs (C(OH)–C–C–N with tert-alkyl or cyclic N) is 1. The molecule has 1 N–H and O–H groups in total. The molecule has 1 aromatic rings. The molecule has 1 aromatic heterocycles. The average Bonchev–Trinajstić information content (AvgIpc) is 3.07. The molecule has 2 aliphatic heterocycles. The number of aliphatic hydroxyl groups excluding tert-OH is 1. The molecule has 0 bridgehead atoms. The van der Waals surface area contributed by atoms with Crippen molar-refractivity contribution in [1.82, 2.24) is 9.80 Å². The van der Waals surface area contributed by atoms with Gasteiger partial charge in [-0.3, -0.25) is 9.69 Å². The number of carbonyl (C=O) groups excluding carboxylic acids is 1. The first-order valence-corrected chi connectivity index (χ1v) is 7.85. The van der Waals surface area contributed by atoms with Gasteiger partial charge in [0.2, 0.25) is 5.91 Å². The standard InChI is InChI=1S/C14H20N2O2S/c17-11-5-7-15(9-11)10-14(18)16-6-1-3-12(16)13-4-2-8-19-13/h2,4,8,11-12,17H,1,3,5-7,9-10H2. The topological polar surface area (TPSA) is 43.8 Å². The molecule has 4 nitrogen and oxygen atoms in total. The van der Waals surface area contributed by atoms with Crippen LogP contribution in [0.25, 0.3) is 0 Å². The van der Waals surface area contributed by atoms with Crippen LogP contribution < -0.4 is 0 Å². The van der Waals surface area contributed by atoms with Crippen LogP contribution in [0.3, 0.4) is 0 Å². The van der Waals surface area contributed by atoms with Gasteiger partial charge in [0, 0.05) is 24.5 Å². The Hall–Kier alpha value is -0.910. The second-order valence-electron chi connectivity index (χ2n) is 5.44. The Morgan fingerprint density at radius 1 is 1.42 bits per heavy atom. The lowest BCUT2D eigenvalue weighted by Gasteiger charge is -2.26. The number of likely N-dealkylation sites (tertiary alicyclic amines) is 2. The maximum absolute atomic E-state index is 12.4. The van der Waals surface area contributed by atoms with Crippen LogP contribution in [0.4, 0.5) is 0 Å². The van der Waals surface area contributed by atoms with Crippen molar-refractivity contribution in [3.63, 3.8) is 0 Å². The average molecular weight is 280 g/mol. The zero-order valence-electron chi connectivity index (χ0n) is 11.0. The molecule has 1 amide bonds. The van der Waals surface area contributed by atoms with E-state index in [2.05, 4.69) is 22.4 Å². The van der Waals surface area contributed by atoms with Gasteiger partial charge in [0.05, 0.1) is 18.7 Å². The summed E-state index contributed by atoms with van der Waals surface area (Å²) in [7, 11) is 0. The number of amides is 1. The van der Waals surface area contributed by atoms with Gasteiger partial charge in [0.1, 0.15) is 0 Å². The molecule has 104 valence electrons. The summed E-state index contributed by atoms with van der Waals surface area (Å²) in [6.07, 6.45) is 2.72. The summed E-state index contributed by atoms with van der Waals surface area (Å²) < 4.78 is 0. The number of carbonyl (C=O) groups is 1. The normalized spacial score (nSPS) is 28.2. The van der Waals surface area contributed by atoms with E-state index in [1.807, 2.05) is 4.90 Å². The molecule has 5 heteroatoms. The third kappa shape index (κ3) is 2.83. The predicted octanol–water partition coefficient (Wildman–Crippen LogP) is 1.48. The summed E-state index contributed by atoms with van der Waals surface area (Å²) in [6.45, 7) is 2.81. The van der Waals surface area contributed by atoms with Crippen LogP contribution in [0.15, 0.2) is 17.5 Å². The third-order valence-electron chi connectivity index (χ3n) is 4.05. The van der Waals surface area contributed by atoms with Crippen molar-refractivity contribution >= 4 is 17.2 Å². The summed E-state index contributed by atoms with van der Waals surface area (Å²) in [5, 5.41) is 11.6. The minimum absolute atomic E-state index is 0.213. The highest BCUT2D eigenvalue weighted by molar-refractivity contribution is 7.10. The Morgan fingerprint density at radius 2 is 2.32 bits per heavy atom. The SMILES string of the molecule is O=C(CN1CCC(O)C1)N1CCCC1c1cccs1. The fourth-order valence-corrected chi connectivity index (χ4v) is 3.95. The fraction of sp³-hybridized carbons (Fsp3) is 0.643. The summed E-state index contributed by atoms with van der Waals surface area (Å²) in [5.74, 6) is 0.213. The number of aliphatic hydroxyl groups is 1. The zero-order chi connectivity index (χ0) is 13.2. The van der Waals surface area contributed by atoms with Gasteiger partial charge in [0.25, 0.3) is 0 Å². The highest BCUT2D eigenvalue weighted by Crippen LogP contribution is 2.34. The van der Waals surface area contributed by atoms with E-state index in [4.69, 9.17) is 0 Å². The maximum Gasteiger partial charge on any atom is 0.237 e. The first-order valence-electron chi connectivity index (χ1n) is 6.97. The fourth-order valence-electron chi connectivity index (χ4n) is 3.08. The third-order valence-corrected chi connectivity index (χ3v) is 5.02. The lowest BCUT2D eigenvalue weighted by Crippen LogP contribution is -2.39. The molecule has 0 spiro atoms. The molecule has 0 aromatic carbocycles. The zero-order valence-corrected chi connectivity index (χ0v) is 11.8. The summed E-state index contributed by atoms with van der Waals surface area (Å²) in [5.41, 5.74) is 0. The molecule has 19 heavy (non-hydrogen) atoms. The van der Waals surface area contributed by atoms with Crippen molar-refractivity contribution in [2.24, 2.45) is 0 Å². The van der Waals surface area contributed by atoms with E-state index < -0.39 is 0 Å². The molecule has 3 heterocycles. The quantitative estimate of drug-likeness (QED) is 0.912. The Kier molecular flexibility index (Phi) is 3.86. The van der Waals surface area contributed by atoms with Crippen molar-refractivity contribution in [2.75, 3.05) is 26.2 Å². The van der Waals surface area contributed by atoms with Gasteiger partial charge in [-0.05, 0) is 30.7 Å². The lowest BCUT2D eigenvalue weighted by molar-refractivity contribution is -0.133. The van der Waals surface area contributed by atoms with Crippen LogP contribution in [0.1, 0.15) is 30.2 Å². The van der Waals surface area contributed by atoms with Crippen LogP contribution in [0.2, 0.25) is 0 Å². The molecule has 2 atom stereocenters. The Bertz CT molecular complexity index is 435. The summed E-state index contributed by atoms with van der Waals surface area (Å²) in [4.78, 5) is 17.8. The van der Waals surface area contributed by atoms with Gasteiger partial charge in [-0.2, -0.15) is 0 Å². The van der Waals surface area contributed by atoms with E-state index >= 15 is 0 Å². The van der Waals surface area contributed by atoms with Gasteiger partial charge in [-0.15, -0.1) is 11.3 Å². The molecule has 0 radical (unpaired) electrons. The monoisotopic (exact) mass is 280 g/mol. The molecule has 2 unspecified atom stereocenters. The lowest BCUT2D eigenvalue weighted by atomic mass is 10.2. The molecule has 0 saturated carbocycles. The molecular weight excluding hydrogens is 260 g/mol. The predicted molar refractivity (Wildman–Crippen MR) is 75.1 cm³/mol. The largest absolute Gasteiger partial charge is 0.392 e. The highest BCUT2D eigenvalue weighted by atomic mass is 32.1. The van der Waals surface area contributed by atoms with Crippen molar-refractivity contribution in [3.05, 3.63) is 22.4 Å². The maximum atomic E-state index is 12.4. The van der Waals surface area contributed by atoms with Crippen molar-refractivity contribution in [2.45, 2.75) is 31.4 Å². The van der Waals surface area contributed by atoms with Crippen LogP contribution >= 0.6 is 11.3 Å². The number of nitrogens with zero attached hydrogens (tertiary/aromatic N) is 2. The number of thiophene rings is 1. The number of hydrogen-bond donors (Lipinski definition) is 1. The summed E-state index contributed by atoms with van der Waals surface area (Å²) in [6, 6.07) is 4.46. The number of hydrogen-bond acceptors (Lipinski definition) is 4. The highest BCUT2D eigenvalue weighted by Gasteiger charge is 2.32. The van der Waals surface area contributed by atoms with Crippen molar-refractivity contribution in [1.29, 1.82) is 0 Å². The second kappa shape index (κ2) is 5.61. The van der Waals surface area contributed by atoms with E-state index in [1.165, 1.54) is 4.88 Å². The Morgan fingerprint density at radius 3 is 3.00 bits per heavy atom. The van der Waals surface area contributed by atoms with E-state index in [1.54, 1.807) is 11.3 Å². The van der Waals surface area contributed by atoms with Gasteiger partial charge in [-0.1, -0.05) is 6.07 Å². The summed E-state index contributed by atoms with van der Waals surface area (Å²) >= 11 is 1.74. The van der Waals surface area contributed by atoms with Gasteiger partial charge in [-0.25, -0.2) is 0 Å². The second-order valence-corrected chi connectivity index (χ2v) is 6.42. The minimum Gasteiger partial charge on any atom is -0.392 e. The first kappa shape index (κ1) is 13.1. The van der Waals surface area contributed by atoms with E-state index in [0.717, 1.165) is 32.4 Å². The van der Waals surface area contributed by atoms with E-state index in [9.17, 15) is 9.90 Å². The van der Waals surface area contributed by atoms with Gasteiger partial charge in [0.15, 0.2) is 0 Å². The van der Waals surface area contributed by atoms with Crippen molar-refractivity contribution < 1.29 is 9.90 Å². The number of rotatable bonds is 3. The smallest absolute Gasteiger partial charge is 0.237 e. The molecule has 2 aliphatic rings. The molecular formula is C14H20N2O2S. The van der Waals surface area contributed by atoms with E-state index in [-0.39, 0.29) is 18.1 Å². The molecule has 2 fully saturated rings. The molecule has 0 aliphatic carbocycles. The van der Waals surface area contributed by atoms with E-state index in [0.29, 0.717) is 13.1 Å². The Balaban J connectivity index is 1.62. The van der Waals surface area contributed by atoms with Crippen LogP contribution in [-0.2, 0) is 4.79 Å². The molecule has 3 rings (SSSR count). The van der Waals surface area contributed by atoms with Gasteiger partial charge >= 0.3 is 0 Å². The Labute approximate surface area is 117 Å².